The van der Waals surface area contributed by atoms with Crippen molar-refractivity contribution in [3.63, 3.8) is 0 Å². The summed E-state index contributed by atoms with van der Waals surface area (Å²) in [4.78, 5) is 0. The first kappa shape index (κ1) is 16.1. The molecule has 21 heavy (non-hydrogen) atoms. The summed E-state index contributed by atoms with van der Waals surface area (Å²) in [5.41, 5.74) is 13.5. The maximum Gasteiger partial charge on any atom is 0.122 e. The van der Waals surface area contributed by atoms with Crippen molar-refractivity contribution in [2.24, 2.45) is 5.73 Å². The van der Waals surface area contributed by atoms with Crippen LogP contribution in [0, 0.1) is 27.7 Å². The van der Waals surface area contributed by atoms with E-state index in [-0.39, 0.29) is 6.04 Å². The Labute approximate surface area is 135 Å². The van der Waals surface area contributed by atoms with Gasteiger partial charge in [0.15, 0.2) is 0 Å². The summed E-state index contributed by atoms with van der Waals surface area (Å²) in [7, 11) is 1.70. The molecule has 0 fully saturated rings. The van der Waals surface area contributed by atoms with Crippen molar-refractivity contribution in [3.05, 3.63) is 62.1 Å². The molecule has 0 bridgehead atoms. The van der Waals surface area contributed by atoms with E-state index in [0.29, 0.717) is 0 Å². The van der Waals surface area contributed by atoms with Crippen LogP contribution in [0.25, 0.3) is 0 Å². The lowest BCUT2D eigenvalue weighted by atomic mass is 9.92. The Bertz CT molecular complexity index is 656. The molecule has 2 N–H and O–H groups in total. The Morgan fingerprint density at radius 3 is 2.00 bits per heavy atom. The summed E-state index contributed by atoms with van der Waals surface area (Å²) in [6, 6.07) is 8.37. The first-order valence-corrected chi connectivity index (χ1v) is 7.81. The van der Waals surface area contributed by atoms with Crippen molar-refractivity contribution < 1.29 is 4.74 Å². The minimum atomic E-state index is -0.125. The predicted octanol–water partition coefficient (Wildman–Crippen LogP) is 4.74. The van der Waals surface area contributed by atoms with Crippen LogP contribution >= 0.6 is 15.9 Å². The largest absolute Gasteiger partial charge is 0.496 e. The molecule has 0 saturated heterocycles. The van der Waals surface area contributed by atoms with Gasteiger partial charge in [-0.3, -0.25) is 0 Å². The van der Waals surface area contributed by atoms with E-state index in [1.54, 1.807) is 7.11 Å². The van der Waals surface area contributed by atoms with Gasteiger partial charge in [0.05, 0.1) is 13.2 Å². The van der Waals surface area contributed by atoms with Crippen LogP contribution in [-0.2, 0) is 0 Å². The van der Waals surface area contributed by atoms with Crippen LogP contribution in [0.4, 0.5) is 0 Å². The van der Waals surface area contributed by atoms with Gasteiger partial charge in [0.1, 0.15) is 5.75 Å². The van der Waals surface area contributed by atoms with E-state index in [0.717, 1.165) is 32.5 Å². The topological polar surface area (TPSA) is 35.2 Å². The summed E-state index contributed by atoms with van der Waals surface area (Å²) in [6.45, 7) is 8.32. The molecule has 1 unspecified atom stereocenters. The number of aryl methyl sites for hydroxylation is 4. The molecule has 0 heterocycles. The standard InChI is InChI=1S/C18H22BrNO/c1-10-9-16(21-5)11(2)8-15(10)18(20)14-6-12(3)17(19)13(4)7-14/h6-9,18H,20H2,1-5H3. The molecule has 0 spiro atoms. The third-order valence-corrected chi connectivity index (χ3v) is 5.19. The van der Waals surface area contributed by atoms with Gasteiger partial charge >= 0.3 is 0 Å². The van der Waals surface area contributed by atoms with E-state index in [1.807, 2.05) is 6.92 Å². The quantitative estimate of drug-likeness (QED) is 0.870. The Kier molecular flexibility index (Phi) is 4.74. The van der Waals surface area contributed by atoms with Crippen LogP contribution in [0.1, 0.15) is 39.4 Å². The van der Waals surface area contributed by atoms with Crippen LogP contribution < -0.4 is 10.5 Å². The van der Waals surface area contributed by atoms with E-state index in [2.05, 4.69) is 61.0 Å². The second-order valence-corrected chi connectivity index (χ2v) is 6.42. The summed E-state index contributed by atoms with van der Waals surface area (Å²) in [5.74, 6) is 0.909. The first-order valence-electron chi connectivity index (χ1n) is 7.02. The van der Waals surface area contributed by atoms with Gasteiger partial charge in [-0.1, -0.05) is 34.1 Å². The van der Waals surface area contributed by atoms with Crippen molar-refractivity contribution in [1.82, 2.24) is 0 Å². The molecule has 0 aliphatic rings. The van der Waals surface area contributed by atoms with Crippen LogP contribution in [0.3, 0.4) is 0 Å². The second kappa shape index (κ2) is 6.20. The molecule has 0 radical (unpaired) electrons. The molecule has 0 aliphatic carbocycles. The van der Waals surface area contributed by atoms with Crippen LogP contribution in [-0.4, -0.2) is 7.11 Å². The van der Waals surface area contributed by atoms with Crippen molar-refractivity contribution in [3.8, 4) is 5.75 Å². The number of benzene rings is 2. The van der Waals surface area contributed by atoms with E-state index >= 15 is 0 Å². The molecule has 0 aromatic heterocycles. The molecule has 2 nitrogen and oxygen atoms in total. The minimum absolute atomic E-state index is 0.125. The van der Waals surface area contributed by atoms with Crippen LogP contribution in [0.5, 0.6) is 5.75 Å². The van der Waals surface area contributed by atoms with Gasteiger partial charge in [0, 0.05) is 4.47 Å². The Balaban J connectivity index is 2.50. The average Bonchev–Trinajstić information content (AvgIpc) is 2.45. The highest BCUT2D eigenvalue weighted by atomic mass is 79.9. The van der Waals surface area contributed by atoms with Gasteiger partial charge < -0.3 is 10.5 Å². The normalized spacial score (nSPS) is 12.3. The number of halogens is 1. The zero-order valence-corrected chi connectivity index (χ0v) is 14.8. The second-order valence-electron chi connectivity index (χ2n) is 5.62. The number of rotatable bonds is 3. The molecular weight excluding hydrogens is 326 g/mol. The predicted molar refractivity (Wildman–Crippen MR) is 92.1 cm³/mol. The van der Waals surface area contributed by atoms with Crippen molar-refractivity contribution in [2.75, 3.05) is 7.11 Å². The van der Waals surface area contributed by atoms with Gasteiger partial charge in [-0.05, 0) is 67.1 Å². The number of hydrogen-bond acceptors (Lipinski definition) is 2. The van der Waals surface area contributed by atoms with Crippen LogP contribution in [0.2, 0.25) is 0 Å². The fourth-order valence-corrected chi connectivity index (χ4v) is 2.93. The van der Waals surface area contributed by atoms with Crippen LogP contribution in [0.15, 0.2) is 28.7 Å². The van der Waals surface area contributed by atoms with E-state index < -0.39 is 0 Å². The van der Waals surface area contributed by atoms with Gasteiger partial charge in [0.2, 0.25) is 0 Å². The van der Waals surface area contributed by atoms with Crippen molar-refractivity contribution in [1.29, 1.82) is 0 Å². The molecule has 0 amide bonds. The molecule has 2 aromatic carbocycles. The Hall–Kier alpha value is -1.32. The number of hydrogen-bond donors (Lipinski definition) is 1. The summed E-state index contributed by atoms with van der Waals surface area (Å²) in [6.07, 6.45) is 0. The molecule has 112 valence electrons. The minimum Gasteiger partial charge on any atom is -0.496 e. The molecule has 2 rings (SSSR count). The summed E-state index contributed by atoms with van der Waals surface area (Å²) < 4.78 is 6.53. The highest BCUT2D eigenvalue weighted by Crippen LogP contribution is 2.31. The summed E-state index contributed by atoms with van der Waals surface area (Å²) in [5, 5.41) is 0. The third-order valence-electron chi connectivity index (χ3n) is 3.94. The van der Waals surface area contributed by atoms with Gasteiger partial charge in [-0.25, -0.2) is 0 Å². The Morgan fingerprint density at radius 1 is 0.905 bits per heavy atom. The fraction of sp³-hybridized carbons (Fsp3) is 0.333. The first-order chi connectivity index (χ1) is 9.85. The third kappa shape index (κ3) is 3.14. The molecule has 1 atom stereocenters. The fourth-order valence-electron chi connectivity index (χ4n) is 2.71. The molecule has 0 saturated carbocycles. The maximum atomic E-state index is 6.51. The van der Waals surface area contributed by atoms with E-state index in [1.165, 1.54) is 11.1 Å². The van der Waals surface area contributed by atoms with Gasteiger partial charge in [0.25, 0.3) is 0 Å². The molecule has 3 heteroatoms. The average molecular weight is 348 g/mol. The van der Waals surface area contributed by atoms with E-state index in [4.69, 9.17) is 10.5 Å². The number of ether oxygens (including phenoxy) is 1. The van der Waals surface area contributed by atoms with Gasteiger partial charge in [-0.15, -0.1) is 0 Å². The lowest BCUT2D eigenvalue weighted by Crippen LogP contribution is -2.14. The maximum absolute atomic E-state index is 6.51. The Morgan fingerprint density at radius 2 is 1.48 bits per heavy atom. The lowest BCUT2D eigenvalue weighted by Gasteiger charge is -2.19. The SMILES string of the molecule is COc1cc(C)c(C(N)c2cc(C)c(Br)c(C)c2)cc1C. The monoisotopic (exact) mass is 347 g/mol. The van der Waals surface area contributed by atoms with Crippen molar-refractivity contribution >= 4 is 15.9 Å². The molecule has 0 aliphatic heterocycles. The van der Waals surface area contributed by atoms with Crippen molar-refractivity contribution in [2.45, 2.75) is 33.7 Å². The molecule has 2 aromatic rings. The highest BCUT2D eigenvalue weighted by Gasteiger charge is 2.15. The van der Waals surface area contributed by atoms with E-state index in [9.17, 15) is 0 Å². The zero-order chi connectivity index (χ0) is 15.7. The summed E-state index contributed by atoms with van der Waals surface area (Å²) >= 11 is 3.61. The number of methoxy groups -OCH3 is 1. The number of nitrogens with two attached hydrogens (primary N) is 1. The van der Waals surface area contributed by atoms with Gasteiger partial charge in [-0.2, -0.15) is 0 Å². The zero-order valence-electron chi connectivity index (χ0n) is 13.3. The lowest BCUT2D eigenvalue weighted by molar-refractivity contribution is 0.411. The highest BCUT2D eigenvalue weighted by molar-refractivity contribution is 9.10. The smallest absolute Gasteiger partial charge is 0.122 e. The molecular formula is C18H22BrNO.